The van der Waals surface area contributed by atoms with Gasteiger partial charge in [-0.1, -0.05) is 23.4 Å². The number of anilines is 1. The van der Waals surface area contributed by atoms with Crippen LogP contribution in [0.2, 0.25) is 5.02 Å². The molecule has 0 spiro atoms. The van der Waals surface area contributed by atoms with E-state index in [1.165, 1.54) is 0 Å². The fourth-order valence-electron chi connectivity index (χ4n) is 2.25. The highest BCUT2D eigenvalue weighted by Crippen LogP contribution is 2.36. The van der Waals surface area contributed by atoms with Crippen molar-refractivity contribution < 1.29 is 27.4 Å². The zero-order chi connectivity index (χ0) is 19.6. The number of alkyl halides is 3. The highest BCUT2D eigenvalue weighted by molar-refractivity contribution is 8.00. The summed E-state index contributed by atoms with van der Waals surface area (Å²) in [5.74, 6) is 0.781. The van der Waals surface area contributed by atoms with Crippen LogP contribution in [-0.4, -0.2) is 29.4 Å². The predicted octanol–water partition coefficient (Wildman–Crippen LogP) is 4.64. The lowest BCUT2D eigenvalue weighted by molar-refractivity contribution is -0.137. The number of pyridine rings is 1. The van der Waals surface area contributed by atoms with E-state index in [9.17, 15) is 18.0 Å². The van der Waals surface area contributed by atoms with Crippen LogP contribution in [0.4, 0.5) is 18.9 Å². The summed E-state index contributed by atoms with van der Waals surface area (Å²) in [6, 6.07) is 5.80. The third kappa shape index (κ3) is 4.78. The number of carbonyl (C=O) groups is 1. The number of nitrogens with one attached hydrogen (secondary N) is 1. The van der Waals surface area contributed by atoms with Crippen molar-refractivity contribution >= 4 is 35.0 Å². The number of nitrogens with zero attached hydrogens (tertiary/aromatic N) is 1. The number of aromatic nitrogens is 1. The van der Waals surface area contributed by atoms with Gasteiger partial charge in [0.05, 0.1) is 15.8 Å². The Bertz CT molecular complexity index is 864. The summed E-state index contributed by atoms with van der Waals surface area (Å²) in [6.45, 7) is 2.50. The van der Waals surface area contributed by atoms with Crippen LogP contribution in [0.25, 0.3) is 0 Å². The summed E-state index contributed by atoms with van der Waals surface area (Å²) in [6.07, 6.45) is -3.83. The highest BCUT2D eigenvalue weighted by atomic mass is 35.5. The molecule has 1 aliphatic rings. The topological polar surface area (TPSA) is 60.5 Å². The summed E-state index contributed by atoms with van der Waals surface area (Å²) >= 11 is 6.85. The summed E-state index contributed by atoms with van der Waals surface area (Å²) in [5, 5.41) is 2.07. The highest BCUT2D eigenvalue weighted by Gasteiger charge is 2.32. The van der Waals surface area contributed by atoms with Crippen LogP contribution < -0.4 is 14.8 Å². The minimum absolute atomic E-state index is 0.148. The minimum atomic E-state index is -4.53. The average Bonchev–Trinajstić information content (AvgIpc) is 2.62. The first-order valence-electron chi connectivity index (χ1n) is 7.84. The van der Waals surface area contributed by atoms with Crippen LogP contribution >= 0.6 is 23.4 Å². The van der Waals surface area contributed by atoms with Gasteiger partial charge in [-0.3, -0.25) is 4.79 Å². The molecule has 0 unspecified atom stereocenters. The third-order valence-electron chi connectivity index (χ3n) is 3.60. The number of hydrogen-bond donors (Lipinski definition) is 1. The van der Waals surface area contributed by atoms with E-state index >= 15 is 0 Å². The van der Waals surface area contributed by atoms with Gasteiger partial charge < -0.3 is 14.8 Å². The van der Waals surface area contributed by atoms with Gasteiger partial charge in [-0.15, -0.1) is 0 Å². The molecule has 1 aliphatic heterocycles. The second-order valence-electron chi connectivity index (χ2n) is 5.62. The molecule has 0 saturated heterocycles. The Kier molecular flexibility index (Phi) is 5.71. The Balaban J connectivity index is 1.66. The van der Waals surface area contributed by atoms with Gasteiger partial charge in [0, 0.05) is 18.0 Å². The van der Waals surface area contributed by atoms with Gasteiger partial charge in [-0.25, -0.2) is 4.98 Å². The van der Waals surface area contributed by atoms with E-state index in [0.29, 0.717) is 36.6 Å². The third-order valence-corrected chi connectivity index (χ3v) is 5.12. The van der Waals surface area contributed by atoms with E-state index in [4.69, 9.17) is 21.1 Å². The lowest BCUT2D eigenvalue weighted by atomic mass is 10.2. The molecule has 27 heavy (non-hydrogen) atoms. The molecule has 0 radical (unpaired) electrons. The molecule has 0 fully saturated rings. The van der Waals surface area contributed by atoms with Crippen molar-refractivity contribution in [1.29, 1.82) is 0 Å². The molecule has 1 N–H and O–H groups in total. The molecule has 5 nitrogen and oxygen atoms in total. The zero-order valence-corrected chi connectivity index (χ0v) is 15.5. The Morgan fingerprint density at radius 2 is 1.96 bits per heavy atom. The van der Waals surface area contributed by atoms with Crippen molar-refractivity contribution in [3.05, 3.63) is 41.0 Å². The number of thioether (sulfide) groups is 1. The van der Waals surface area contributed by atoms with Crippen LogP contribution in [-0.2, 0) is 11.0 Å². The zero-order valence-electron chi connectivity index (χ0n) is 14.0. The quantitative estimate of drug-likeness (QED) is 0.733. The first-order chi connectivity index (χ1) is 12.7. The molecular weight excluding hydrogens is 405 g/mol. The average molecular weight is 419 g/mol. The fraction of sp³-hybridized carbons (Fsp3) is 0.294. The maximum atomic E-state index is 12.7. The monoisotopic (exact) mass is 418 g/mol. The van der Waals surface area contributed by atoms with Crippen molar-refractivity contribution in [1.82, 2.24) is 4.98 Å². The Morgan fingerprint density at radius 3 is 2.63 bits per heavy atom. The molecule has 10 heteroatoms. The first kappa shape index (κ1) is 19.6. The number of halogens is 4. The molecule has 144 valence electrons. The number of hydrogen-bond acceptors (Lipinski definition) is 5. The van der Waals surface area contributed by atoms with Crippen LogP contribution in [0.5, 0.6) is 11.5 Å². The number of fused-ring (bicyclic) bond motifs is 1. The molecule has 1 amide bonds. The number of rotatable bonds is 4. The van der Waals surface area contributed by atoms with E-state index in [0.717, 1.165) is 17.8 Å². The van der Waals surface area contributed by atoms with Gasteiger partial charge in [-0.2, -0.15) is 13.2 Å². The van der Waals surface area contributed by atoms with Gasteiger partial charge in [0.15, 0.2) is 11.5 Å². The maximum Gasteiger partial charge on any atom is 0.417 e. The summed E-state index contributed by atoms with van der Waals surface area (Å²) in [5.41, 5.74) is -0.423. The van der Waals surface area contributed by atoms with E-state index in [1.807, 2.05) is 0 Å². The van der Waals surface area contributed by atoms with E-state index < -0.39 is 17.0 Å². The minimum Gasteiger partial charge on any atom is -0.486 e. The normalized spacial score (nSPS) is 14.6. The number of carbonyl (C=O) groups excluding carboxylic acids is 1. The Hall–Kier alpha value is -2.13. The molecule has 0 bridgehead atoms. The lowest BCUT2D eigenvalue weighted by Gasteiger charge is -2.19. The van der Waals surface area contributed by atoms with Gasteiger partial charge in [0.1, 0.15) is 18.2 Å². The second kappa shape index (κ2) is 7.85. The van der Waals surface area contributed by atoms with E-state index in [-0.39, 0.29) is 16.0 Å². The van der Waals surface area contributed by atoms with E-state index in [1.54, 1.807) is 25.1 Å². The molecule has 3 rings (SSSR count). The van der Waals surface area contributed by atoms with Gasteiger partial charge in [-0.05, 0) is 25.1 Å². The van der Waals surface area contributed by atoms with Crippen LogP contribution in [0, 0.1) is 0 Å². The van der Waals surface area contributed by atoms with Crippen molar-refractivity contribution in [2.24, 2.45) is 0 Å². The Morgan fingerprint density at radius 1 is 1.26 bits per heavy atom. The summed E-state index contributed by atoms with van der Waals surface area (Å²) in [4.78, 5) is 16.1. The van der Waals surface area contributed by atoms with Crippen LogP contribution in [0.1, 0.15) is 12.5 Å². The molecule has 2 heterocycles. The molecule has 0 saturated carbocycles. The second-order valence-corrected chi connectivity index (χ2v) is 7.35. The predicted molar refractivity (Wildman–Crippen MR) is 95.6 cm³/mol. The molecule has 1 aromatic carbocycles. The number of benzene rings is 1. The van der Waals surface area contributed by atoms with Gasteiger partial charge in [0.25, 0.3) is 0 Å². The first-order valence-corrected chi connectivity index (χ1v) is 9.09. The van der Waals surface area contributed by atoms with E-state index in [2.05, 4.69) is 10.3 Å². The fourth-order valence-corrected chi connectivity index (χ4v) is 3.34. The number of amides is 1. The maximum absolute atomic E-state index is 12.7. The van der Waals surface area contributed by atoms with Crippen LogP contribution in [0.15, 0.2) is 35.5 Å². The lowest BCUT2D eigenvalue weighted by Crippen LogP contribution is -2.23. The number of ether oxygens (including phenoxy) is 2. The largest absolute Gasteiger partial charge is 0.486 e. The van der Waals surface area contributed by atoms with Crippen molar-refractivity contribution in [2.45, 2.75) is 23.4 Å². The smallest absolute Gasteiger partial charge is 0.417 e. The van der Waals surface area contributed by atoms with Crippen molar-refractivity contribution in [2.75, 3.05) is 18.5 Å². The van der Waals surface area contributed by atoms with Crippen molar-refractivity contribution in [3.63, 3.8) is 0 Å². The van der Waals surface area contributed by atoms with Gasteiger partial charge >= 0.3 is 6.18 Å². The standard InChI is InChI=1S/C17H14ClF3N2O3S/c1-9(27-16-12(18)6-10(8-22-16)17(19,20)21)15(24)23-11-2-3-13-14(7-11)26-5-4-25-13/h2-3,6-9H,4-5H2,1H3,(H,23,24)/t9-/m0/s1. The van der Waals surface area contributed by atoms with Crippen molar-refractivity contribution in [3.8, 4) is 11.5 Å². The molecular formula is C17H14ClF3N2O3S. The summed E-state index contributed by atoms with van der Waals surface area (Å²) in [7, 11) is 0. The van der Waals surface area contributed by atoms with Crippen LogP contribution in [0.3, 0.4) is 0 Å². The van der Waals surface area contributed by atoms with Gasteiger partial charge in [0.2, 0.25) is 5.91 Å². The molecule has 0 aliphatic carbocycles. The Labute approximate surface area is 162 Å². The molecule has 1 aromatic heterocycles. The molecule has 1 atom stereocenters. The molecule has 2 aromatic rings. The SMILES string of the molecule is C[C@H](Sc1ncc(C(F)(F)F)cc1Cl)C(=O)Nc1ccc2c(c1)OCCO2. The summed E-state index contributed by atoms with van der Waals surface area (Å²) < 4.78 is 48.9.